The molecule has 0 atom stereocenters. The third-order valence-electron chi connectivity index (χ3n) is 2.76. The highest BCUT2D eigenvalue weighted by atomic mass is 79.9. The minimum absolute atomic E-state index is 0.0373. The largest absolute Gasteiger partial charge is 0.496 e. The summed E-state index contributed by atoms with van der Waals surface area (Å²) in [7, 11) is 3.17. The SMILES string of the molecule is COCc1cc(OC)c(Br)cc1-c1cc(C(=O)O)[nH]n1. The fourth-order valence-corrected chi connectivity index (χ4v) is 2.34. The van der Waals surface area contributed by atoms with Crippen LogP contribution in [0.2, 0.25) is 0 Å². The lowest BCUT2D eigenvalue weighted by atomic mass is 10.0. The second-order valence-electron chi connectivity index (χ2n) is 4.05. The Morgan fingerprint density at radius 1 is 1.40 bits per heavy atom. The quantitative estimate of drug-likeness (QED) is 0.874. The van der Waals surface area contributed by atoms with Gasteiger partial charge in [0, 0.05) is 12.7 Å². The van der Waals surface area contributed by atoms with Crippen LogP contribution in [0.3, 0.4) is 0 Å². The van der Waals surface area contributed by atoms with E-state index in [1.807, 2.05) is 12.1 Å². The smallest absolute Gasteiger partial charge is 0.353 e. The van der Waals surface area contributed by atoms with Crippen molar-refractivity contribution in [3.63, 3.8) is 0 Å². The van der Waals surface area contributed by atoms with Gasteiger partial charge < -0.3 is 14.6 Å². The summed E-state index contributed by atoms with van der Waals surface area (Å²) < 4.78 is 11.2. The van der Waals surface area contributed by atoms with Gasteiger partial charge in [0.05, 0.1) is 23.9 Å². The van der Waals surface area contributed by atoms with E-state index in [0.29, 0.717) is 18.1 Å². The van der Waals surface area contributed by atoms with E-state index < -0.39 is 5.97 Å². The number of carboxylic acid groups (broad SMARTS) is 1. The van der Waals surface area contributed by atoms with Gasteiger partial charge >= 0.3 is 5.97 Å². The summed E-state index contributed by atoms with van der Waals surface area (Å²) in [5.74, 6) is -0.376. The monoisotopic (exact) mass is 340 g/mol. The van der Waals surface area contributed by atoms with Crippen molar-refractivity contribution in [1.82, 2.24) is 10.2 Å². The first kappa shape index (κ1) is 14.5. The summed E-state index contributed by atoms with van der Waals surface area (Å²) >= 11 is 3.41. The molecule has 0 spiro atoms. The Kier molecular flexibility index (Phi) is 4.41. The summed E-state index contributed by atoms with van der Waals surface area (Å²) in [5, 5.41) is 15.4. The third kappa shape index (κ3) is 2.83. The molecule has 0 aliphatic carbocycles. The number of aromatic nitrogens is 2. The molecule has 1 heterocycles. The number of hydrogen-bond donors (Lipinski definition) is 2. The van der Waals surface area contributed by atoms with Gasteiger partial charge in [-0.25, -0.2) is 4.79 Å². The van der Waals surface area contributed by atoms with Gasteiger partial charge in [-0.1, -0.05) is 0 Å². The molecule has 0 aliphatic rings. The standard InChI is InChI=1S/C13H13BrN2O4/c1-19-6-7-3-12(20-2)9(14)4-8(7)10-5-11(13(17)18)16-15-10/h3-5H,6H2,1-2H3,(H,15,16)(H,17,18). The number of aromatic carboxylic acids is 1. The third-order valence-corrected chi connectivity index (χ3v) is 3.38. The van der Waals surface area contributed by atoms with Crippen molar-refractivity contribution in [2.75, 3.05) is 14.2 Å². The zero-order valence-electron chi connectivity index (χ0n) is 10.9. The lowest BCUT2D eigenvalue weighted by molar-refractivity contribution is 0.0690. The van der Waals surface area contributed by atoms with Crippen molar-refractivity contribution in [2.45, 2.75) is 6.61 Å². The van der Waals surface area contributed by atoms with E-state index >= 15 is 0 Å². The lowest BCUT2D eigenvalue weighted by Crippen LogP contribution is -1.96. The van der Waals surface area contributed by atoms with Gasteiger partial charge in [-0.2, -0.15) is 5.10 Å². The van der Waals surface area contributed by atoms with E-state index in [4.69, 9.17) is 14.6 Å². The van der Waals surface area contributed by atoms with E-state index in [9.17, 15) is 4.79 Å². The highest BCUT2D eigenvalue weighted by Gasteiger charge is 2.15. The van der Waals surface area contributed by atoms with Crippen molar-refractivity contribution in [3.8, 4) is 17.0 Å². The molecule has 0 saturated carbocycles. The van der Waals surface area contributed by atoms with Crippen molar-refractivity contribution in [1.29, 1.82) is 0 Å². The molecule has 0 unspecified atom stereocenters. The second-order valence-corrected chi connectivity index (χ2v) is 4.90. The minimum Gasteiger partial charge on any atom is -0.496 e. The number of methoxy groups -OCH3 is 2. The van der Waals surface area contributed by atoms with Crippen LogP contribution in [0.5, 0.6) is 5.75 Å². The zero-order chi connectivity index (χ0) is 14.7. The number of benzene rings is 1. The minimum atomic E-state index is -1.05. The molecule has 1 aromatic carbocycles. The molecule has 0 saturated heterocycles. The molecule has 0 aliphatic heterocycles. The van der Waals surface area contributed by atoms with E-state index in [-0.39, 0.29) is 5.69 Å². The normalized spacial score (nSPS) is 10.6. The zero-order valence-corrected chi connectivity index (χ0v) is 12.5. The molecule has 2 aromatic rings. The highest BCUT2D eigenvalue weighted by Crippen LogP contribution is 2.34. The number of carbonyl (C=O) groups is 1. The molecule has 0 fully saturated rings. The van der Waals surface area contributed by atoms with Crippen LogP contribution in [0.25, 0.3) is 11.3 Å². The Labute approximate surface area is 123 Å². The maximum absolute atomic E-state index is 10.9. The van der Waals surface area contributed by atoms with Crippen LogP contribution in [-0.4, -0.2) is 35.5 Å². The molecular formula is C13H13BrN2O4. The molecule has 20 heavy (non-hydrogen) atoms. The molecule has 2 rings (SSSR count). The van der Waals surface area contributed by atoms with Crippen LogP contribution in [0.1, 0.15) is 16.1 Å². The molecule has 0 bridgehead atoms. The number of nitrogens with zero attached hydrogens (tertiary/aromatic N) is 1. The number of rotatable bonds is 5. The predicted molar refractivity (Wildman–Crippen MR) is 75.9 cm³/mol. The van der Waals surface area contributed by atoms with E-state index in [1.165, 1.54) is 6.07 Å². The first-order chi connectivity index (χ1) is 9.56. The number of aromatic amines is 1. The number of H-pyrrole nitrogens is 1. The number of ether oxygens (including phenoxy) is 2. The van der Waals surface area contributed by atoms with Crippen LogP contribution >= 0.6 is 15.9 Å². The van der Waals surface area contributed by atoms with E-state index in [0.717, 1.165) is 15.6 Å². The Hall–Kier alpha value is -1.86. The molecule has 6 nitrogen and oxygen atoms in total. The number of halogens is 1. The average Bonchev–Trinajstić information content (AvgIpc) is 2.90. The van der Waals surface area contributed by atoms with Crippen molar-refractivity contribution in [3.05, 3.63) is 33.9 Å². The van der Waals surface area contributed by atoms with Gasteiger partial charge in [0.25, 0.3) is 0 Å². The van der Waals surface area contributed by atoms with Crippen LogP contribution in [-0.2, 0) is 11.3 Å². The molecule has 1 aromatic heterocycles. The second kappa shape index (κ2) is 6.06. The maximum Gasteiger partial charge on any atom is 0.353 e. The van der Waals surface area contributed by atoms with Gasteiger partial charge in [0.1, 0.15) is 11.4 Å². The van der Waals surface area contributed by atoms with Crippen LogP contribution in [0.4, 0.5) is 0 Å². The Morgan fingerprint density at radius 3 is 2.70 bits per heavy atom. The summed E-state index contributed by atoms with van der Waals surface area (Å²) in [6, 6.07) is 5.14. The van der Waals surface area contributed by atoms with Crippen molar-refractivity contribution in [2.24, 2.45) is 0 Å². The van der Waals surface area contributed by atoms with Gasteiger partial charge in [-0.15, -0.1) is 0 Å². The molecule has 106 valence electrons. The summed E-state index contributed by atoms with van der Waals surface area (Å²) in [6.07, 6.45) is 0. The number of nitrogens with one attached hydrogen (secondary N) is 1. The summed E-state index contributed by atoms with van der Waals surface area (Å²) in [6.45, 7) is 0.369. The average molecular weight is 341 g/mol. The molecule has 0 radical (unpaired) electrons. The topological polar surface area (TPSA) is 84.4 Å². The highest BCUT2D eigenvalue weighted by molar-refractivity contribution is 9.10. The van der Waals surface area contributed by atoms with Crippen LogP contribution < -0.4 is 4.74 Å². The van der Waals surface area contributed by atoms with E-state index in [2.05, 4.69) is 26.1 Å². The van der Waals surface area contributed by atoms with Gasteiger partial charge in [0.2, 0.25) is 0 Å². The first-order valence-corrected chi connectivity index (χ1v) is 6.50. The fourth-order valence-electron chi connectivity index (χ4n) is 1.83. The Balaban J connectivity index is 2.52. The van der Waals surface area contributed by atoms with E-state index in [1.54, 1.807) is 14.2 Å². The van der Waals surface area contributed by atoms with Crippen LogP contribution in [0.15, 0.2) is 22.7 Å². The number of hydrogen-bond acceptors (Lipinski definition) is 4. The maximum atomic E-state index is 10.9. The van der Waals surface area contributed by atoms with Crippen molar-refractivity contribution >= 4 is 21.9 Å². The predicted octanol–water partition coefficient (Wildman–Crippen LogP) is 2.69. The summed E-state index contributed by atoms with van der Waals surface area (Å²) in [5.41, 5.74) is 2.22. The first-order valence-electron chi connectivity index (χ1n) is 5.71. The fraction of sp³-hybridized carbons (Fsp3) is 0.231. The Morgan fingerprint density at radius 2 is 2.15 bits per heavy atom. The van der Waals surface area contributed by atoms with Gasteiger partial charge in [-0.05, 0) is 39.7 Å². The van der Waals surface area contributed by atoms with Crippen molar-refractivity contribution < 1.29 is 19.4 Å². The molecule has 2 N–H and O–H groups in total. The molecule has 0 amide bonds. The Bertz CT molecular complexity index is 639. The molecular weight excluding hydrogens is 328 g/mol. The lowest BCUT2D eigenvalue weighted by Gasteiger charge is -2.11. The summed E-state index contributed by atoms with van der Waals surface area (Å²) in [4.78, 5) is 10.9. The van der Waals surface area contributed by atoms with Crippen LogP contribution in [0, 0.1) is 0 Å². The van der Waals surface area contributed by atoms with Gasteiger partial charge in [0.15, 0.2) is 0 Å². The number of carboxylic acids is 1. The van der Waals surface area contributed by atoms with Gasteiger partial charge in [-0.3, -0.25) is 5.10 Å². The molecule has 7 heteroatoms.